The Bertz CT molecular complexity index is 246. The third-order valence-corrected chi connectivity index (χ3v) is 3.29. The van der Waals surface area contributed by atoms with E-state index in [2.05, 4.69) is 20.8 Å². The molecule has 18 heavy (non-hydrogen) atoms. The van der Waals surface area contributed by atoms with Gasteiger partial charge in [0, 0.05) is 0 Å². The van der Waals surface area contributed by atoms with E-state index in [9.17, 15) is 9.46 Å². The fourth-order valence-electron chi connectivity index (χ4n) is 1.57. The second-order valence-electron chi connectivity index (χ2n) is 5.51. The zero-order valence-electron chi connectivity index (χ0n) is 11.7. The van der Waals surface area contributed by atoms with E-state index < -0.39 is 7.82 Å². The van der Waals surface area contributed by atoms with E-state index in [1.807, 2.05) is 13.8 Å². The van der Waals surface area contributed by atoms with Crippen LogP contribution < -0.4 is 0 Å². The topological polar surface area (TPSA) is 55.8 Å². The fourth-order valence-corrected chi connectivity index (χ4v) is 2.47. The van der Waals surface area contributed by atoms with Gasteiger partial charge in [0.25, 0.3) is 0 Å². The Hall–Kier alpha value is 1.11. The predicted octanol–water partition coefficient (Wildman–Crippen LogP) is 3.20. The van der Waals surface area contributed by atoms with Crippen molar-refractivity contribution in [2.75, 3.05) is 13.2 Å². The average molecular weight is 290 g/mol. The maximum absolute atomic E-state index is 11.4. The van der Waals surface area contributed by atoms with Crippen molar-refractivity contribution >= 4 is 37.4 Å². The van der Waals surface area contributed by atoms with Crippen molar-refractivity contribution in [2.24, 2.45) is 17.8 Å². The van der Waals surface area contributed by atoms with Crippen molar-refractivity contribution in [1.82, 2.24) is 0 Å². The fraction of sp³-hybridized carbons (Fsp3) is 1.00. The Kier molecular flexibility index (Phi) is 12.9. The van der Waals surface area contributed by atoms with Crippen molar-refractivity contribution in [1.29, 1.82) is 0 Å². The first kappa shape index (κ1) is 21.4. The summed E-state index contributed by atoms with van der Waals surface area (Å²) >= 11 is 0. The Balaban J connectivity index is 0. The Morgan fingerprint density at radius 3 is 2.06 bits per heavy atom. The maximum atomic E-state index is 11.4. The molecule has 0 saturated heterocycles. The van der Waals surface area contributed by atoms with Gasteiger partial charge in [-0.1, -0.05) is 34.6 Å². The van der Waals surface area contributed by atoms with Crippen LogP contribution in [0.3, 0.4) is 0 Å². The molecule has 0 rings (SSSR count). The molecular formula is C12H28NaO4P. The average Bonchev–Trinajstić information content (AvgIpc) is 2.13. The SMILES string of the molecule is CC(C)COP(=O)(O)OCCC(C)CC(C)C.[NaH]. The summed E-state index contributed by atoms with van der Waals surface area (Å²) in [5.74, 6) is 1.36. The molecule has 0 aromatic rings. The summed E-state index contributed by atoms with van der Waals surface area (Å²) in [5, 5.41) is 0. The predicted molar refractivity (Wildman–Crippen MR) is 77.0 cm³/mol. The van der Waals surface area contributed by atoms with E-state index in [0.29, 0.717) is 11.8 Å². The van der Waals surface area contributed by atoms with E-state index in [4.69, 9.17) is 9.05 Å². The Morgan fingerprint density at radius 1 is 1.06 bits per heavy atom. The molecular weight excluding hydrogens is 262 g/mol. The monoisotopic (exact) mass is 290 g/mol. The van der Waals surface area contributed by atoms with Gasteiger partial charge in [-0.3, -0.25) is 9.05 Å². The van der Waals surface area contributed by atoms with Crippen molar-refractivity contribution < 1.29 is 18.5 Å². The molecule has 0 aliphatic rings. The number of phosphoric ester groups is 1. The van der Waals surface area contributed by atoms with Crippen LogP contribution in [-0.4, -0.2) is 47.7 Å². The summed E-state index contributed by atoms with van der Waals surface area (Å²) in [4.78, 5) is 9.37. The molecule has 2 atom stereocenters. The summed E-state index contributed by atoms with van der Waals surface area (Å²) in [6, 6.07) is 0. The van der Waals surface area contributed by atoms with E-state index >= 15 is 0 Å². The van der Waals surface area contributed by atoms with Gasteiger partial charge in [-0.05, 0) is 30.6 Å². The van der Waals surface area contributed by atoms with Crippen LogP contribution in [0.25, 0.3) is 0 Å². The number of hydrogen-bond acceptors (Lipinski definition) is 3. The van der Waals surface area contributed by atoms with Crippen LogP contribution in [0.4, 0.5) is 0 Å². The van der Waals surface area contributed by atoms with Crippen molar-refractivity contribution in [3.05, 3.63) is 0 Å². The van der Waals surface area contributed by atoms with E-state index in [0.717, 1.165) is 12.8 Å². The summed E-state index contributed by atoms with van der Waals surface area (Å²) in [6.45, 7) is 10.8. The van der Waals surface area contributed by atoms with E-state index in [1.165, 1.54) is 0 Å². The Labute approximate surface area is 134 Å². The minimum atomic E-state index is -3.84. The number of phosphoric acid groups is 1. The first-order valence-corrected chi connectivity index (χ1v) is 7.84. The summed E-state index contributed by atoms with van der Waals surface area (Å²) in [5.41, 5.74) is 0. The van der Waals surface area contributed by atoms with Crippen molar-refractivity contribution in [3.63, 3.8) is 0 Å². The van der Waals surface area contributed by atoms with Gasteiger partial charge < -0.3 is 4.89 Å². The van der Waals surface area contributed by atoms with Crippen LogP contribution in [-0.2, 0) is 13.6 Å². The zero-order valence-corrected chi connectivity index (χ0v) is 12.6. The van der Waals surface area contributed by atoms with Gasteiger partial charge in [0.05, 0.1) is 13.2 Å². The van der Waals surface area contributed by atoms with Gasteiger partial charge in [0.2, 0.25) is 0 Å². The molecule has 0 amide bonds. The van der Waals surface area contributed by atoms with Crippen LogP contribution in [0, 0.1) is 17.8 Å². The molecule has 0 fully saturated rings. The molecule has 0 aliphatic heterocycles. The quantitative estimate of drug-likeness (QED) is 0.523. The van der Waals surface area contributed by atoms with Gasteiger partial charge >= 0.3 is 37.4 Å². The standard InChI is InChI=1S/C12H27O4P.Na.H/c1-10(2)8-12(5)6-7-15-17(13,14)16-9-11(3)4;;/h10-12H,6-9H2,1-5H3,(H,13,14);;. The molecule has 0 bridgehead atoms. The van der Waals surface area contributed by atoms with E-state index in [-0.39, 0.29) is 48.7 Å². The second-order valence-corrected chi connectivity index (χ2v) is 6.97. The van der Waals surface area contributed by atoms with Crippen LogP contribution in [0.2, 0.25) is 0 Å². The van der Waals surface area contributed by atoms with Gasteiger partial charge in [-0.25, -0.2) is 4.57 Å². The van der Waals surface area contributed by atoms with Gasteiger partial charge in [-0.2, -0.15) is 0 Å². The number of rotatable bonds is 9. The molecule has 0 aromatic heterocycles. The van der Waals surface area contributed by atoms with E-state index in [1.54, 1.807) is 0 Å². The normalized spacial score (nSPS) is 16.4. The first-order chi connectivity index (χ1) is 7.73. The summed E-state index contributed by atoms with van der Waals surface area (Å²) < 4.78 is 21.2. The molecule has 0 aromatic carbocycles. The molecule has 0 saturated carbocycles. The molecule has 4 nitrogen and oxygen atoms in total. The van der Waals surface area contributed by atoms with Gasteiger partial charge in [-0.15, -0.1) is 0 Å². The molecule has 0 spiro atoms. The second kappa shape index (κ2) is 10.8. The van der Waals surface area contributed by atoms with Crippen LogP contribution >= 0.6 is 7.82 Å². The van der Waals surface area contributed by atoms with Crippen molar-refractivity contribution in [3.8, 4) is 0 Å². The summed E-state index contributed by atoms with van der Waals surface area (Å²) in [6.07, 6.45) is 1.89. The van der Waals surface area contributed by atoms with Crippen LogP contribution in [0.5, 0.6) is 0 Å². The molecule has 0 heterocycles. The third-order valence-electron chi connectivity index (χ3n) is 2.31. The van der Waals surface area contributed by atoms with Gasteiger partial charge in [0.1, 0.15) is 0 Å². The molecule has 2 unspecified atom stereocenters. The molecule has 0 aliphatic carbocycles. The van der Waals surface area contributed by atoms with Gasteiger partial charge in [0.15, 0.2) is 0 Å². The molecule has 6 heteroatoms. The molecule has 106 valence electrons. The molecule has 1 N–H and O–H groups in total. The Morgan fingerprint density at radius 2 is 1.61 bits per heavy atom. The van der Waals surface area contributed by atoms with Crippen LogP contribution in [0.1, 0.15) is 47.5 Å². The molecule has 0 radical (unpaired) electrons. The first-order valence-electron chi connectivity index (χ1n) is 6.34. The summed E-state index contributed by atoms with van der Waals surface area (Å²) in [7, 11) is -3.84. The number of hydrogen-bond donors (Lipinski definition) is 1. The third kappa shape index (κ3) is 13.5. The van der Waals surface area contributed by atoms with Crippen molar-refractivity contribution in [2.45, 2.75) is 47.5 Å². The zero-order chi connectivity index (χ0) is 13.5. The minimum absolute atomic E-state index is 0. The van der Waals surface area contributed by atoms with Crippen LogP contribution in [0.15, 0.2) is 0 Å².